The van der Waals surface area contributed by atoms with Gasteiger partial charge in [0, 0.05) is 6.42 Å². The molecule has 240 valence electrons. The Kier molecular flexibility index (Phi) is 14.1. The van der Waals surface area contributed by atoms with Gasteiger partial charge in [0.1, 0.15) is 18.1 Å². The number of nitrogens with one attached hydrogen (secondary N) is 1. The van der Waals surface area contributed by atoms with Gasteiger partial charge in [0.15, 0.2) is 22.4 Å². The number of methoxy groups -OCH3 is 2. The molecule has 44 heavy (non-hydrogen) atoms. The second kappa shape index (κ2) is 17.5. The molecular formula is C35H51NO6Si2. The van der Waals surface area contributed by atoms with Crippen LogP contribution in [0.3, 0.4) is 0 Å². The second-order valence-corrected chi connectivity index (χ2v) is 21.8. The zero-order valence-corrected chi connectivity index (χ0v) is 29.6. The van der Waals surface area contributed by atoms with E-state index >= 15 is 0 Å². The van der Waals surface area contributed by atoms with Crippen LogP contribution in [0.5, 0.6) is 11.5 Å². The Hall–Kier alpha value is -2.96. The zero-order chi connectivity index (χ0) is 32.0. The highest BCUT2D eigenvalue weighted by Gasteiger charge is 2.31. The molecule has 3 aromatic rings. The molecule has 1 N–H and O–H groups in total. The van der Waals surface area contributed by atoms with Crippen LogP contribution in [0.4, 0.5) is 5.69 Å². The van der Waals surface area contributed by atoms with Crippen LogP contribution in [0.25, 0.3) is 0 Å². The fourth-order valence-corrected chi connectivity index (χ4v) is 13.4. The van der Waals surface area contributed by atoms with Crippen molar-refractivity contribution >= 4 is 28.1 Å². The standard InChI is InChI=1S/C35H51NO6Si2/c1-38-31-21-19-29(20-22-31)25-40-27-30(37)24-33(36-32-16-11-12-17-34(32)39-2)35(41-26-28-14-9-8-10-15-28)18-13-23-44(6,7)42-43(3,4)5/h8-12,14-17,19-22,33,35-36H,13,18,23-27H2,1-7H3/t33-,35-/m0/s1. The average molecular weight is 638 g/mol. The van der Waals surface area contributed by atoms with Crippen LogP contribution in [-0.2, 0) is 31.6 Å². The molecule has 0 fully saturated rings. The third kappa shape index (κ3) is 13.0. The molecule has 0 bridgehead atoms. The number of hydrogen-bond acceptors (Lipinski definition) is 7. The SMILES string of the molecule is COc1ccc(COCC(=O)C[C@H](Nc2ccccc2OC)[C@H](CCC[Si](C)(C)O[Si](C)(C)C)OCc2ccccc2)cc1. The average Bonchev–Trinajstić information content (AvgIpc) is 2.98. The molecule has 0 radical (unpaired) electrons. The molecule has 0 saturated heterocycles. The molecule has 0 spiro atoms. The number of ether oxygens (including phenoxy) is 4. The molecule has 2 atom stereocenters. The number of Topliss-reactive ketones (excluding diaryl/α,β-unsaturated/α-hetero) is 1. The van der Waals surface area contributed by atoms with Crippen LogP contribution in [-0.4, -0.2) is 55.4 Å². The van der Waals surface area contributed by atoms with Crippen molar-refractivity contribution in [2.24, 2.45) is 0 Å². The van der Waals surface area contributed by atoms with Crippen molar-refractivity contribution in [2.45, 2.75) is 83.4 Å². The Labute approximate surface area is 266 Å². The summed E-state index contributed by atoms with van der Waals surface area (Å²) < 4.78 is 29.9. The van der Waals surface area contributed by atoms with E-state index in [9.17, 15) is 4.79 Å². The van der Waals surface area contributed by atoms with Gasteiger partial charge in [0.2, 0.25) is 0 Å². The van der Waals surface area contributed by atoms with Gasteiger partial charge < -0.3 is 28.4 Å². The van der Waals surface area contributed by atoms with Crippen LogP contribution in [0.1, 0.15) is 30.4 Å². The number of ketones is 1. The van der Waals surface area contributed by atoms with Gasteiger partial charge in [-0.1, -0.05) is 61.0 Å². The number of carbonyl (C=O) groups excluding carboxylic acids is 1. The van der Waals surface area contributed by atoms with Gasteiger partial charge in [-0.2, -0.15) is 0 Å². The van der Waals surface area contributed by atoms with Crippen LogP contribution in [0, 0.1) is 0 Å². The molecule has 3 aromatic carbocycles. The highest BCUT2D eigenvalue weighted by molar-refractivity contribution is 6.84. The van der Waals surface area contributed by atoms with E-state index in [1.54, 1.807) is 14.2 Å². The Morgan fingerprint density at radius 2 is 1.45 bits per heavy atom. The van der Waals surface area contributed by atoms with Crippen molar-refractivity contribution in [3.63, 3.8) is 0 Å². The summed E-state index contributed by atoms with van der Waals surface area (Å²) in [5.41, 5.74) is 2.91. The predicted octanol–water partition coefficient (Wildman–Crippen LogP) is 8.08. The molecular weight excluding hydrogens is 587 g/mol. The van der Waals surface area contributed by atoms with E-state index in [4.69, 9.17) is 23.1 Å². The minimum atomic E-state index is -1.83. The lowest BCUT2D eigenvalue weighted by atomic mass is 9.99. The first-order valence-corrected chi connectivity index (χ1v) is 22.0. The molecule has 0 amide bonds. The number of benzene rings is 3. The van der Waals surface area contributed by atoms with Crippen LogP contribution >= 0.6 is 0 Å². The number of hydrogen-bond donors (Lipinski definition) is 1. The Bertz CT molecular complexity index is 1260. The topological polar surface area (TPSA) is 75.3 Å². The molecule has 0 unspecified atom stereocenters. The summed E-state index contributed by atoms with van der Waals surface area (Å²) in [4.78, 5) is 13.4. The van der Waals surface area contributed by atoms with Crippen molar-refractivity contribution < 1.29 is 27.9 Å². The summed E-state index contributed by atoms with van der Waals surface area (Å²) in [6.45, 7) is 12.2. The third-order valence-corrected chi connectivity index (χ3v) is 13.4. The van der Waals surface area contributed by atoms with Crippen LogP contribution in [0.15, 0.2) is 78.9 Å². The van der Waals surface area contributed by atoms with E-state index < -0.39 is 16.6 Å². The summed E-state index contributed by atoms with van der Waals surface area (Å²) in [5.74, 6) is 1.52. The highest BCUT2D eigenvalue weighted by atomic mass is 28.4. The molecule has 0 heterocycles. The zero-order valence-electron chi connectivity index (χ0n) is 27.6. The molecule has 3 rings (SSSR count). The quantitative estimate of drug-likeness (QED) is 0.126. The van der Waals surface area contributed by atoms with Crippen molar-refractivity contribution in [1.29, 1.82) is 0 Å². The minimum Gasteiger partial charge on any atom is -0.497 e. The number of carbonyl (C=O) groups is 1. The maximum absolute atomic E-state index is 13.4. The smallest absolute Gasteiger partial charge is 0.173 e. The Balaban J connectivity index is 1.76. The third-order valence-electron chi connectivity index (χ3n) is 7.19. The van der Waals surface area contributed by atoms with E-state index in [2.05, 4.69) is 50.2 Å². The highest BCUT2D eigenvalue weighted by Crippen LogP contribution is 2.28. The molecule has 0 aliphatic carbocycles. The van der Waals surface area contributed by atoms with Gasteiger partial charge >= 0.3 is 0 Å². The Morgan fingerprint density at radius 3 is 2.11 bits per heavy atom. The van der Waals surface area contributed by atoms with Gasteiger partial charge in [0.05, 0.1) is 45.3 Å². The number of anilines is 1. The van der Waals surface area contributed by atoms with Crippen molar-refractivity contribution in [3.05, 3.63) is 90.0 Å². The molecule has 0 aromatic heterocycles. The van der Waals surface area contributed by atoms with E-state index in [0.29, 0.717) is 13.2 Å². The predicted molar refractivity (Wildman–Crippen MR) is 184 cm³/mol. The molecule has 9 heteroatoms. The van der Waals surface area contributed by atoms with Gasteiger partial charge in [-0.05, 0) is 80.6 Å². The first kappa shape index (κ1) is 35.5. The normalized spacial score (nSPS) is 13.2. The largest absolute Gasteiger partial charge is 0.497 e. The van der Waals surface area contributed by atoms with Crippen molar-refractivity contribution in [3.8, 4) is 11.5 Å². The summed E-state index contributed by atoms with van der Waals surface area (Å²) in [6.07, 6.45) is 1.79. The molecule has 7 nitrogen and oxygen atoms in total. The summed E-state index contributed by atoms with van der Waals surface area (Å²) in [5, 5.41) is 3.62. The van der Waals surface area contributed by atoms with Crippen LogP contribution < -0.4 is 14.8 Å². The number of para-hydroxylation sites is 2. The van der Waals surface area contributed by atoms with Gasteiger partial charge in [-0.15, -0.1) is 0 Å². The summed E-state index contributed by atoms with van der Waals surface area (Å²) in [6, 6.07) is 26.4. The fourth-order valence-electron chi connectivity index (χ4n) is 5.33. The van der Waals surface area contributed by atoms with E-state index in [1.165, 1.54) is 0 Å². The lowest BCUT2D eigenvalue weighted by Gasteiger charge is -2.33. The summed E-state index contributed by atoms with van der Waals surface area (Å²) in [7, 11) is -0.176. The lowest BCUT2D eigenvalue weighted by molar-refractivity contribution is -0.125. The van der Waals surface area contributed by atoms with Gasteiger partial charge in [-0.3, -0.25) is 4.79 Å². The first-order valence-electron chi connectivity index (χ1n) is 15.5. The van der Waals surface area contributed by atoms with Crippen molar-refractivity contribution in [2.75, 3.05) is 26.1 Å². The Morgan fingerprint density at radius 1 is 0.795 bits per heavy atom. The van der Waals surface area contributed by atoms with Crippen molar-refractivity contribution in [1.82, 2.24) is 0 Å². The second-order valence-electron chi connectivity index (χ2n) is 12.7. The van der Waals surface area contributed by atoms with E-state index in [0.717, 1.165) is 47.2 Å². The molecule has 0 aliphatic rings. The van der Waals surface area contributed by atoms with Gasteiger partial charge in [0.25, 0.3) is 0 Å². The lowest BCUT2D eigenvalue weighted by Crippen LogP contribution is -2.42. The maximum Gasteiger partial charge on any atom is 0.173 e. The van der Waals surface area contributed by atoms with Crippen LogP contribution in [0.2, 0.25) is 38.8 Å². The van der Waals surface area contributed by atoms with Gasteiger partial charge in [-0.25, -0.2) is 0 Å². The minimum absolute atomic E-state index is 0.0102. The summed E-state index contributed by atoms with van der Waals surface area (Å²) >= 11 is 0. The maximum atomic E-state index is 13.4. The monoisotopic (exact) mass is 637 g/mol. The fraction of sp³-hybridized carbons (Fsp3) is 0.457. The molecule has 0 aliphatic heterocycles. The number of rotatable bonds is 20. The van der Waals surface area contributed by atoms with E-state index in [1.807, 2.05) is 66.7 Å². The van der Waals surface area contributed by atoms with E-state index in [-0.39, 0.29) is 31.0 Å². The molecule has 0 saturated carbocycles. The first-order chi connectivity index (χ1) is 21.0.